The number of benzene rings is 1. The Morgan fingerprint density at radius 1 is 1.09 bits per heavy atom. The number of amides is 1. The molecule has 2 saturated heterocycles. The number of piperidine rings is 1. The predicted octanol–water partition coefficient (Wildman–Crippen LogP) is 3.65. The summed E-state index contributed by atoms with van der Waals surface area (Å²) in [4.78, 5) is 16.4. The monoisotopic (exact) mass is 531 g/mol. The van der Waals surface area contributed by atoms with Gasteiger partial charge in [-0.2, -0.15) is 4.31 Å². The lowest BCUT2D eigenvalue weighted by Crippen LogP contribution is -2.46. The van der Waals surface area contributed by atoms with E-state index in [4.69, 9.17) is 27.9 Å². The average molecular weight is 533 g/mol. The highest BCUT2D eigenvalue weighted by atomic mass is 35.5. The molecule has 1 aromatic carbocycles. The molecular weight excluding hydrogens is 505 g/mol. The largest absolute Gasteiger partial charge is 0.379 e. The van der Waals surface area contributed by atoms with Gasteiger partial charge >= 0.3 is 0 Å². The van der Waals surface area contributed by atoms with E-state index in [1.807, 2.05) is 11.4 Å². The molecule has 1 aromatic heterocycles. The number of rotatable bonds is 7. The molecule has 33 heavy (non-hydrogen) atoms. The van der Waals surface area contributed by atoms with Crippen LogP contribution in [0.25, 0.3) is 0 Å². The first-order valence-corrected chi connectivity index (χ1v) is 14.0. The van der Waals surface area contributed by atoms with Crippen LogP contribution >= 0.6 is 34.5 Å². The second kappa shape index (κ2) is 11.0. The van der Waals surface area contributed by atoms with Crippen LogP contribution in [-0.2, 0) is 19.6 Å². The van der Waals surface area contributed by atoms with Crippen molar-refractivity contribution in [3.63, 3.8) is 0 Å². The zero-order valence-electron chi connectivity index (χ0n) is 18.1. The van der Waals surface area contributed by atoms with E-state index in [2.05, 4.69) is 16.3 Å². The van der Waals surface area contributed by atoms with Gasteiger partial charge in [0.05, 0.1) is 29.3 Å². The van der Waals surface area contributed by atoms with Crippen molar-refractivity contribution in [2.24, 2.45) is 5.92 Å². The van der Waals surface area contributed by atoms with Gasteiger partial charge in [-0.3, -0.25) is 9.69 Å². The van der Waals surface area contributed by atoms with Crippen LogP contribution in [-0.4, -0.2) is 69.5 Å². The van der Waals surface area contributed by atoms with Crippen molar-refractivity contribution in [1.29, 1.82) is 0 Å². The van der Waals surface area contributed by atoms with Crippen LogP contribution in [0.5, 0.6) is 0 Å². The highest BCUT2D eigenvalue weighted by Gasteiger charge is 2.35. The summed E-state index contributed by atoms with van der Waals surface area (Å²) in [7, 11) is -3.82. The topological polar surface area (TPSA) is 79.0 Å². The van der Waals surface area contributed by atoms with E-state index in [-0.39, 0.29) is 45.9 Å². The molecule has 7 nitrogen and oxygen atoms in total. The van der Waals surface area contributed by atoms with Crippen molar-refractivity contribution < 1.29 is 17.9 Å². The van der Waals surface area contributed by atoms with Gasteiger partial charge in [-0.25, -0.2) is 8.42 Å². The van der Waals surface area contributed by atoms with Crippen LogP contribution < -0.4 is 5.32 Å². The normalized spacial score (nSPS) is 19.9. The fraction of sp³-hybridized carbons (Fsp3) is 0.500. The Labute approximate surface area is 208 Å². The number of thiophene rings is 1. The maximum Gasteiger partial charge on any atom is 0.246 e. The fourth-order valence-corrected chi connectivity index (χ4v) is 7.76. The summed E-state index contributed by atoms with van der Waals surface area (Å²) in [6.45, 7) is 4.07. The lowest BCUT2D eigenvalue weighted by Gasteiger charge is -2.35. The van der Waals surface area contributed by atoms with Gasteiger partial charge in [0.2, 0.25) is 15.9 Å². The van der Waals surface area contributed by atoms with Gasteiger partial charge in [0.1, 0.15) is 4.90 Å². The summed E-state index contributed by atoms with van der Waals surface area (Å²) >= 11 is 13.9. The molecule has 0 unspecified atom stereocenters. The highest BCUT2D eigenvalue weighted by molar-refractivity contribution is 7.89. The second-order valence-electron chi connectivity index (χ2n) is 8.15. The molecular formula is C22H27Cl2N3O4S2. The predicted molar refractivity (Wildman–Crippen MR) is 130 cm³/mol. The SMILES string of the molecule is O=C(NC[C@@H](c1cccs1)N1CCOCC1)C1CCN(S(=O)(=O)c2c(Cl)cccc2Cl)CC1. The molecule has 4 rings (SSSR count). The molecule has 2 aliphatic rings. The maximum atomic E-state index is 13.1. The maximum absolute atomic E-state index is 13.1. The number of carbonyl (C=O) groups excluding carboxylic acids is 1. The Balaban J connectivity index is 1.35. The molecule has 1 atom stereocenters. The summed E-state index contributed by atoms with van der Waals surface area (Å²) in [6, 6.07) is 8.87. The standard InChI is InChI=1S/C22H27Cl2N3O4S2/c23-17-3-1-4-18(24)21(17)33(29,30)27-8-6-16(7-9-27)22(28)25-15-19(20-5-2-14-32-20)26-10-12-31-13-11-26/h1-5,14,16,19H,6-13,15H2,(H,25,28)/t19-/m0/s1. The minimum absolute atomic E-state index is 0.0300. The highest BCUT2D eigenvalue weighted by Crippen LogP contribution is 2.33. The second-order valence-corrected chi connectivity index (χ2v) is 11.8. The molecule has 2 aliphatic heterocycles. The van der Waals surface area contributed by atoms with Crippen LogP contribution in [0.4, 0.5) is 0 Å². The first kappa shape index (κ1) is 24.9. The van der Waals surface area contributed by atoms with E-state index in [1.165, 1.54) is 21.3 Å². The summed E-state index contributed by atoms with van der Waals surface area (Å²) < 4.78 is 33.0. The van der Waals surface area contributed by atoms with Gasteiger partial charge in [-0.15, -0.1) is 11.3 Å². The molecule has 2 fully saturated rings. The quantitative estimate of drug-likeness (QED) is 0.589. The molecule has 1 amide bonds. The Hall–Kier alpha value is -1.20. The lowest BCUT2D eigenvalue weighted by atomic mass is 9.97. The van der Waals surface area contributed by atoms with Gasteiger partial charge < -0.3 is 10.1 Å². The fourth-order valence-electron chi connectivity index (χ4n) is 4.34. The van der Waals surface area contributed by atoms with Gasteiger partial charge in [-0.05, 0) is 36.4 Å². The summed E-state index contributed by atoms with van der Waals surface area (Å²) in [5.74, 6) is -0.260. The smallest absolute Gasteiger partial charge is 0.246 e. The molecule has 0 aliphatic carbocycles. The molecule has 0 spiro atoms. The van der Waals surface area contributed by atoms with Crippen LogP contribution in [0.2, 0.25) is 10.0 Å². The van der Waals surface area contributed by atoms with Crippen molar-refractivity contribution in [2.75, 3.05) is 45.9 Å². The minimum atomic E-state index is -3.82. The number of sulfonamides is 1. The van der Waals surface area contributed by atoms with E-state index in [1.54, 1.807) is 17.4 Å². The van der Waals surface area contributed by atoms with Crippen molar-refractivity contribution >= 4 is 50.5 Å². The van der Waals surface area contributed by atoms with E-state index in [0.717, 1.165) is 13.1 Å². The van der Waals surface area contributed by atoms with E-state index in [9.17, 15) is 13.2 Å². The van der Waals surface area contributed by atoms with Gasteiger partial charge in [0.25, 0.3) is 0 Å². The molecule has 11 heteroatoms. The Bertz CT molecular complexity index is 1030. The van der Waals surface area contributed by atoms with Gasteiger partial charge in [0.15, 0.2) is 0 Å². The Kier molecular flexibility index (Phi) is 8.32. The number of halogens is 2. The van der Waals surface area contributed by atoms with Crippen molar-refractivity contribution in [3.05, 3.63) is 50.6 Å². The molecule has 180 valence electrons. The third-order valence-corrected chi connectivity index (χ3v) is 10.00. The van der Waals surface area contributed by atoms with Crippen molar-refractivity contribution in [1.82, 2.24) is 14.5 Å². The summed E-state index contributed by atoms with van der Waals surface area (Å²) in [5, 5.41) is 5.37. The summed E-state index contributed by atoms with van der Waals surface area (Å²) in [6.07, 6.45) is 0.905. The van der Waals surface area contributed by atoms with Crippen LogP contribution in [0.15, 0.2) is 40.6 Å². The molecule has 0 saturated carbocycles. The zero-order valence-corrected chi connectivity index (χ0v) is 21.2. The number of hydrogen-bond acceptors (Lipinski definition) is 6. The molecule has 3 heterocycles. The molecule has 0 radical (unpaired) electrons. The first-order valence-electron chi connectivity index (χ1n) is 10.9. The Morgan fingerprint density at radius 2 is 1.76 bits per heavy atom. The number of ether oxygens (including phenoxy) is 1. The minimum Gasteiger partial charge on any atom is -0.379 e. The van der Waals surface area contributed by atoms with Crippen molar-refractivity contribution in [2.45, 2.75) is 23.8 Å². The van der Waals surface area contributed by atoms with Crippen LogP contribution in [0.1, 0.15) is 23.8 Å². The van der Waals surface area contributed by atoms with E-state index >= 15 is 0 Å². The number of nitrogens with one attached hydrogen (secondary N) is 1. The van der Waals surface area contributed by atoms with Gasteiger partial charge in [-0.1, -0.05) is 35.3 Å². The first-order chi connectivity index (χ1) is 15.9. The van der Waals surface area contributed by atoms with Gasteiger partial charge in [0, 0.05) is 43.5 Å². The molecule has 0 bridgehead atoms. The number of nitrogens with zero attached hydrogens (tertiary/aromatic N) is 2. The van der Waals surface area contributed by atoms with Crippen LogP contribution in [0, 0.1) is 5.92 Å². The van der Waals surface area contributed by atoms with Crippen molar-refractivity contribution in [3.8, 4) is 0 Å². The average Bonchev–Trinajstić information content (AvgIpc) is 3.34. The zero-order chi connectivity index (χ0) is 23.4. The third-order valence-electron chi connectivity index (χ3n) is 6.17. The number of carbonyl (C=O) groups is 1. The molecule has 1 N–H and O–H groups in total. The number of morpholine rings is 1. The number of hydrogen-bond donors (Lipinski definition) is 1. The molecule has 2 aromatic rings. The summed E-state index contributed by atoms with van der Waals surface area (Å²) in [5.41, 5.74) is 0. The van der Waals surface area contributed by atoms with Crippen LogP contribution in [0.3, 0.4) is 0 Å². The lowest BCUT2D eigenvalue weighted by molar-refractivity contribution is -0.126. The van der Waals surface area contributed by atoms with E-state index < -0.39 is 10.0 Å². The third kappa shape index (κ3) is 5.73. The Morgan fingerprint density at radius 3 is 2.36 bits per heavy atom. The van der Waals surface area contributed by atoms with E-state index in [0.29, 0.717) is 32.6 Å².